The number of aromatic nitrogens is 2. The molecule has 4 heterocycles. The third-order valence-electron chi connectivity index (χ3n) is 5.49. The molecule has 2 aliphatic rings. The Labute approximate surface area is 146 Å². The van der Waals surface area contributed by atoms with Gasteiger partial charge in [0.1, 0.15) is 11.5 Å². The summed E-state index contributed by atoms with van der Waals surface area (Å²) < 4.78 is 1.59. The minimum atomic E-state index is -0.0106. The Morgan fingerprint density at radius 2 is 1.52 bits per heavy atom. The van der Waals surface area contributed by atoms with Crippen molar-refractivity contribution < 1.29 is 0 Å². The van der Waals surface area contributed by atoms with Crippen LogP contribution in [-0.2, 0) is 0 Å². The molecule has 1 aromatic carbocycles. The zero-order valence-corrected chi connectivity index (χ0v) is 14.0. The average Bonchev–Trinajstić information content (AvgIpc) is 3.22. The topological polar surface area (TPSA) is 40.9 Å². The summed E-state index contributed by atoms with van der Waals surface area (Å²) in [5.74, 6) is 2.09. The Morgan fingerprint density at radius 1 is 0.840 bits per heavy atom. The fourth-order valence-corrected chi connectivity index (χ4v) is 4.23. The zero-order chi connectivity index (χ0) is 16.8. The van der Waals surface area contributed by atoms with Gasteiger partial charge < -0.3 is 9.80 Å². The Kier molecular flexibility index (Phi) is 3.26. The van der Waals surface area contributed by atoms with Crippen molar-refractivity contribution in [3.63, 3.8) is 0 Å². The van der Waals surface area contributed by atoms with Crippen LogP contribution in [0.25, 0.3) is 5.65 Å². The highest BCUT2D eigenvalue weighted by Gasteiger charge is 2.40. The molecule has 0 aliphatic carbocycles. The standard InChI is InChI=1S/C20H20N4O/c25-20-10-19(21-18-8-4-5-9-24(18)20)23-13-15-11-22(12-16(15)14-23)17-6-2-1-3-7-17/h1-10,15-16H,11-14H2. The molecule has 0 N–H and O–H groups in total. The van der Waals surface area contributed by atoms with E-state index in [1.807, 2.05) is 18.2 Å². The maximum absolute atomic E-state index is 12.3. The first-order valence-electron chi connectivity index (χ1n) is 8.81. The summed E-state index contributed by atoms with van der Waals surface area (Å²) in [7, 11) is 0. The van der Waals surface area contributed by atoms with Crippen LogP contribution < -0.4 is 15.4 Å². The zero-order valence-electron chi connectivity index (χ0n) is 14.0. The second-order valence-electron chi connectivity index (χ2n) is 7.05. The van der Waals surface area contributed by atoms with E-state index in [4.69, 9.17) is 4.98 Å². The van der Waals surface area contributed by atoms with Crippen LogP contribution in [0.1, 0.15) is 0 Å². The molecule has 0 spiro atoms. The number of pyridine rings is 1. The molecule has 0 saturated carbocycles. The Balaban J connectivity index is 1.37. The average molecular weight is 332 g/mol. The van der Waals surface area contributed by atoms with Gasteiger partial charge in [0.05, 0.1) is 0 Å². The van der Waals surface area contributed by atoms with E-state index in [-0.39, 0.29) is 5.56 Å². The minimum Gasteiger partial charge on any atom is -0.371 e. The van der Waals surface area contributed by atoms with E-state index in [9.17, 15) is 4.79 Å². The number of nitrogens with zero attached hydrogens (tertiary/aromatic N) is 4. The molecule has 0 bridgehead atoms. The summed E-state index contributed by atoms with van der Waals surface area (Å²) in [6.07, 6.45) is 1.77. The summed E-state index contributed by atoms with van der Waals surface area (Å²) in [4.78, 5) is 21.8. The lowest BCUT2D eigenvalue weighted by molar-refractivity contribution is 0.533. The van der Waals surface area contributed by atoms with E-state index in [1.54, 1.807) is 16.7 Å². The van der Waals surface area contributed by atoms with Crippen LogP contribution in [0, 0.1) is 11.8 Å². The Morgan fingerprint density at radius 3 is 2.28 bits per heavy atom. The van der Waals surface area contributed by atoms with Crippen molar-refractivity contribution in [1.82, 2.24) is 9.38 Å². The van der Waals surface area contributed by atoms with Gasteiger partial charge in [-0.05, 0) is 24.3 Å². The molecular weight excluding hydrogens is 312 g/mol. The third-order valence-corrected chi connectivity index (χ3v) is 5.49. The van der Waals surface area contributed by atoms with E-state index >= 15 is 0 Å². The second-order valence-corrected chi connectivity index (χ2v) is 7.05. The molecule has 2 unspecified atom stereocenters. The van der Waals surface area contributed by atoms with Crippen molar-refractivity contribution in [1.29, 1.82) is 0 Å². The minimum absolute atomic E-state index is 0.0106. The van der Waals surface area contributed by atoms with Gasteiger partial charge in [0.25, 0.3) is 5.56 Å². The largest absolute Gasteiger partial charge is 0.371 e. The molecule has 2 saturated heterocycles. The van der Waals surface area contributed by atoms with E-state index < -0.39 is 0 Å². The predicted octanol–water partition coefficient (Wildman–Crippen LogP) is 2.27. The molecule has 2 aliphatic heterocycles. The van der Waals surface area contributed by atoms with Gasteiger partial charge >= 0.3 is 0 Å². The van der Waals surface area contributed by atoms with E-state index in [2.05, 4.69) is 40.1 Å². The molecule has 126 valence electrons. The molecule has 3 aromatic rings. The maximum Gasteiger partial charge on any atom is 0.259 e. The van der Waals surface area contributed by atoms with Crippen molar-refractivity contribution in [2.45, 2.75) is 0 Å². The first-order chi connectivity index (χ1) is 12.3. The number of hydrogen-bond acceptors (Lipinski definition) is 4. The second kappa shape index (κ2) is 5.62. The summed E-state index contributed by atoms with van der Waals surface area (Å²) in [6, 6.07) is 18.0. The number of hydrogen-bond donors (Lipinski definition) is 0. The smallest absolute Gasteiger partial charge is 0.259 e. The monoisotopic (exact) mass is 332 g/mol. The molecule has 5 nitrogen and oxygen atoms in total. The van der Waals surface area contributed by atoms with Gasteiger partial charge in [0.2, 0.25) is 0 Å². The van der Waals surface area contributed by atoms with Gasteiger partial charge in [-0.1, -0.05) is 24.3 Å². The maximum atomic E-state index is 12.3. The lowest BCUT2D eigenvalue weighted by Gasteiger charge is -2.23. The molecule has 0 amide bonds. The van der Waals surface area contributed by atoms with Crippen molar-refractivity contribution in [2.24, 2.45) is 11.8 Å². The SMILES string of the molecule is O=c1cc(N2CC3CN(c4ccccc4)CC3C2)nc2ccccn12. The van der Waals surface area contributed by atoms with Crippen molar-refractivity contribution in [3.8, 4) is 0 Å². The van der Waals surface area contributed by atoms with Crippen LogP contribution in [0.3, 0.4) is 0 Å². The summed E-state index contributed by atoms with van der Waals surface area (Å²) >= 11 is 0. The number of benzene rings is 1. The number of anilines is 2. The quantitative estimate of drug-likeness (QED) is 0.722. The predicted molar refractivity (Wildman–Crippen MR) is 99.3 cm³/mol. The highest BCUT2D eigenvalue weighted by atomic mass is 16.1. The van der Waals surface area contributed by atoms with Crippen LogP contribution in [0.5, 0.6) is 0 Å². The third kappa shape index (κ3) is 2.47. The molecular formula is C20H20N4O. The molecule has 2 atom stereocenters. The highest BCUT2D eigenvalue weighted by molar-refractivity contribution is 5.51. The molecule has 5 heteroatoms. The van der Waals surface area contributed by atoms with E-state index in [0.29, 0.717) is 17.5 Å². The number of para-hydroxylation sites is 1. The van der Waals surface area contributed by atoms with Crippen LogP contribution >= 0.6 is 0 Å². The van der Waals surface area contributed by atoms with Crippen LogP contribution in [0.4, 0.5) is 11.5 Å². The van der Waals surface area contributed by atoms with Crippen molar-refractivity contribution in [3.05, 3.63) is 71.1 Å². The van der Waals surface area contributed by atoms with Crippen molar-refractivity contribution in [2.75, 3.05) is 36.0 Å². The van der Waals surface area contributed by atoms with E-state index in [0.717, 1.165) is 32.0 Å². The number of rotatable bonds is 2. The Bertz CT molecular complexity index is 954. The lowest BCUT2D eigenvalue weighted by atomic mass is 10.0. The van der Waals surface area contributed by atoms with Gasteiger partial charge in [0, 0.05) is 56.0 Å². The van der Waals surface area contributed by atoms with Crippen LogP contribution in [0.2, 0.25) is 0 Å². The Hall–Kier alpha value is -2.82. The molecule has 5 rings (SSSR count). The molecule has 25 heavy (non-hydrogen) atoms. The van der Waals surface area contributed by atoms with Gasteiger partial charge in [0.15, 0.2) is 0 Å². The molecule has 2 fully saturated rings. The van der Waals surface area contributed by atoms with Gasteiger partial charge in [-0.15, -0.1) is 0 Å². The van der Waals surface area contributed by atoms with Crippen molar-refractivity contribution >= 4 is 17.2 Å². The molecule has 2 aromatic heterocycles. The summed E-state index contributed by atoms with van der Waals surface area (Å²) in [5.41, 5.74) is 2.02. The fraction of sp³-hybridized carbons (Fsp3) is 0.300. The normalized spacial score (nSPS) is 22.6. The van der Waals surface area contributed by atoms with Gasteiger partial charge in [-0.3, -0.25) is 9.20 Å². The first-order valence-corrected chi connectivity index (χ1v) is 8.81. The lowest BCUT2D eigenvalue weighted by Crippen LogP contribution is -2.30. The van der Waals surface area contributed by atoms with Gasteiger partial charge in [-0.2, -0.15) is 0 Å². The fourth-order valence-electron chi connectivity index (χ4n) is 4.23. The van der Waals surface area contributed by atoms with Crippen LogP contribution in [-0.4, -0.2) is 35.6 Å². The number of fused-ring (bicyclic) bond motifs is 2. The highest BCUT2D eigenvalue weighted by Crippen LogP contribution is 2.35. The van der Waals surface area contributed by atoms with Gasteiger partial charge in [-0.25, -0.2) is 4.98 Å². The summed E-state index contributed by atoms with van der Waals surface area (Å²) in [6.45, 7) is 4.11. The summed E-state index contributed by atoms with van der Waals surface area (Å²) in [5, 5.41) is 0. The van der Waals surface area contributed by atoms with Crippen LogP contribution in [0.15, 0.2) is 65.6 Å². The van der Waals surface area contributed by atoms with E-state index in [1.165, 1.54) is 5.69 Å². The first kappa shape index (κ1) is 14.5. The molecule has 0 radical (unpaired) electrons.